The quantitative estimate of drug-likeness (QED) is 0.426. The van der Waals surface area contributed by atoms with E-state index in [0.29, 0.717) is 17.7 Å². The normalized spacial score (nSPS) is 20.2. The predicted octanol–water partition coefficient (Wildman–Crippen LogP) is 5.08. The van der Waals surface area contributed by atoms with Gasteiger partial charge < -0.3 is 15.2 Å². The third kappa shape index (κ3) is 4.82. The minimum Gasteiger partial charge on any atom is -0.356 e. The van der Waals surface area contributed by atoms with Crippen molar-refractivity contribution in [3.8, 4) is 6.07 Å². The van der Waals surface area contributed by atoms with Crippen LogP contribution in [-0.2, 0) is 16.0 Å². The zero-order valence-corrected chi connectivity index (χ0v) is 19.9. The van der Waals surface area contributed by atoms with Gasteiger partial charge >= 0.3 is 0 Å². The second kappa shape index (κ2) is 10.7. The maximum absolute atomic E-state index is 13.8. The fraction of sp³-hybridized carbons (Fsp3) is 0.423. The number of nitrogens with zero attached hydrogens (tertiary/aromatic N) is 5. The number of fused-ring (bicyclic) bond motifs is 2. The number of hydrogen-bond acceptors (Lipinski definition) is 6. The first-order chi connectivity index (χ1) is 17.6. The summed E-state index contributed by atoms with van der Waals surface area (Å²) in [7, 11) is 0. The molecule has 6 rings (SSSR count). The van der Waals surface area contributed by atoms with E-state index in [1.54, 1.807) is 27.8 Å². The summed E-state index contributed by atoms with van der Waals surface area (Å²) in [4.78, 5) is 0. The molecule has 0 spiro atoms. The van der Waals surface area contributed by atoms with Crippen molar-refractivity contribution in [1.29, 1.82) is 5.26 Å². The molecule has 188 valence electrons. The zero-order chi connectivity index (χ0) is 25.1. The van der Waals surface area contributed by atoms with Crippen molar-refractivity contribution in [2.75, 3.05) is 13.2 Å². The van der Waals surface area contributed by atoms with E-state index in [4.69, 9.17) is 20.5 Å². The van der Waals surface area contributed by atoms with Crippen molar-refractivity contribution in [3.63, 3.8) is 0 Å². The van der Waals surface area contributed by atoms with Gasteiger partial charge in [0.2, 0.25) is 0 Å². The molecule has 4 heterocycles. The Morgan fingerprint density at radius 3 is 1.92 bits per heavy atom. The number of nitrogens with two attached hydrogens (primary N) is 1. The standard InChI is InChI=1S/C13H16FN3O.C13H12FN3O/c2*14-11-6-12-10(5-9(11)7-15)8-16-17(12)13-3-1-2-4-18-13/h5-6,8,13H,1-4,7,15H2;5-6,8,13H,1-4H2. The minimum absolute atomic E-state index is 0.0478. The van der Waals surface area contributed by atoms with Crippen LogP contribution in [0, 0.1) is 23.0 Å². The second-order valence-electron chi connectivity index (χ2n) is 9.03. The first-order valence-corrected chi connectivity index (χ1v) is 12.2. The molecule has 0 amide bonds. The summed E-state index contributed by atoms with van der Waals surface area (Å²) in [5.41, 5.74) is 7.52. The largest absolute Gasteiger partial charge is 0.356 e. The number of benzene rings is 2. The van der Waals surface area contributed by atoms with Crippen LogP contribution in [0.4, 0.5) is 8.78 Å². The summed E-state index contributed by atoms with van der Waals surface area (Å²) >= 11 is 0. The van der Waals surface area contributed by atoms with Gasteiger partial charge in [0.25, 0.3) is 0 Å². The van der Waals surface area contributed by atoms with E-state index in [2.05, 4.69) is 10.2 Å². The SMILES string of the molecule is N#Cc1cc2cnn(C3CCCCO3)c2cc1F.NCc1cc2cnn(C3CCCCO3)c2cc1F. The maximum atomic E-state index is 13.8. The fourth-order valence-corrected chi connectivity index (χ4v) is 4.72. The lowest BCUT2D eigenvalue weighted by Crippen LogP contribution is -2.19. The lowest BCUT2D eigenvalue weighted by molar-refractivity contribution is -0.0368. The Bertz CT molecular complexity index is 1400. The lowest BCUT2D eigenvalue weighted by atomic mass is 10.1. The van der Waals surface area contributed by atoms with Crippen molar-refractivity contribution in [2.24, 2.45) is 5.73 Å². The van der Waals surface area contributed by atoms with Gasteiger partial charge in [0.05, 0.1) is 29.0 Å². The van der Waals surface area contributed by atoms with Crippen LogP contribution < -0.4 is 5.73 Å². The van der Waals surface area contributed by atoms with Crippen LogP contribution >= 0.6 is 0 Å². The van der Waals surface area contributed by atoms with E-state index in [-0.39, 0.29) is 30.4 Å². The average molecular weight is 495 g/mol. The first-order valence-electron chi connectivity index (χ1n) is 12.2. The van der Waals surface area contributed by atoms with Gasteiger partial charge in [0, 0.05) is 48.2 Å². The van der Waals surface area contributed by atoms with E-state index < -0.39 is 5.82 Å². The van der Waals surface area contributed by atoms with Crippen LogP contribution in [0.5, 0.6) is 0 Å². The average Bonchev–Trinajstić information content (AvgIpc) is 3.52. The third-order valence-electron chi connectivity index (χ3n) is 6.65. The monoisotopic (exact) mass is 494 g/mol. The van der Waals surface area contributed by atoms with Crippen LogP contribution in [0.25, 0.3) is 21.8 Å². The summed E-state index contributed by atoms with van der Waals surface area (Å²) in [5, 5.41) is 19.0. The Kier molecular flexibility index (Phi) is 7.23. The van der Waals surface area contributed by atoms with E-state index in [1.807, 2.05) is 6.07 Å². The van der Waals surface area contributed by atoms with Crippen molar-refractivity contribution in [3.05, 3.63) is 59.4 Å². The van der Waals surface area contributed by atoms with Crippen molar-refractivity contribution in [2.45, 2.75) is 57.5 Å². The molecule has 10 heteroatoms. The van der Waals surface area contributed by atoms with Gasteiger partial charge in [0.1, 0.15) is 17.7 Å². The molecule has 2 saturated heterocycles. The van der Waals surface area contributed by atoms with Gasteiger partial charge in [-0.05, 0) is 50.7 Å². The summed E-state index contributed by atoms with van der Waals surface area (Å²) < 4.78 is 42.2. The van der Waals surface area contributed by atoms with E-state index >= 15 is 0 Å². The highest BCUT2D eigenvalue weighted by atomic mass is 19.1. The van der Waals surface area contributed by atoms with Crippen molar-refractivity contribution in [1.82, 2.24) is 19.6 Å². The molecule has 0 aliphatic carbocycles. The van der Waals surface area contributed by atoms with Crippen LogP contribution in [0.1, 0.15) is 62.1 Å². The molecule has 2 atom stereocenters. The number of nitriles is 1. The first kappa shape index (κ1) is 24.3. The Morgan fingerprint density at radius 2 is 1.42 bits per heavy atom. The Hall–Kier alpha value is -3.39. The van der Waals surface area contributed by atoms with Crippen molar-refractivity contribution < 1.29 is 18.3 Å². The predicted molar refractivity (Wildman–Crippen MR) is 130 cm³/mol. The topological polar surface area (TPSA) is 104 Å². The zero-order valence-electron chi connectivity index (χ0n) is 19.9. The van der Waals surface area contributed by atoms with Gasteiger partial charge in [-0.1, -0.05) is 0 Å². The summed E-state index contributed by atoms with van der Waals surface area (Å²) in [6.45, 7) is 1.66. The molecule has 0 bridgehead atoms. The Labute approximate surface area is 207 Å². The highest BCUT2D eigenvalue weighted by Gasteiger charge is 2.20. The third-order valence-corrected chi connectivity index (χ3v) is 6.65. The smallest absolute Gasteiger partial charge is 0.150 e. The maximum Gasteiger partial charge on any atom is 0.150 e. The Morgan fingerprint density at radius 1 is 0.861 bits per heavy atom. The Balaban J connectivity index is 0.000000148. The number of hydrogen-bond donors (Lipinski definition) is 1. The molecule has 0 saturated carbocycles. The molecule has 2 N–H and O–H groups in total. The van der Waals surface area contributed by atoms with Gasteiger partial charge in [-0.15, -0.1) is 0 Å². The molecular formula is C26H28F2N6O2. The summed E-state index contributed by atoms with van der Waals surface area (Å²) in [6, 6.07) is 7.98. The minimum atomic E-state index is -0.512. The molecule has 36 heavy (non-hydrogen) atoms. The van der Waals surface area contributed by atoms with E-state index in [9.17, 15) is 8.78 Å². The van der Waals surface area contributed by atoms with Crippen LogP contribution in [0.2, 0.25) is 0 Å². The number of aromatic nitrogens is 4. The molecule has 2 fully saturated rings. The highest BCUT2D eigenvalue weighted by molar-refractivity contribution is 5.80. The van der Waals surface area contributed by atoms with Gasteiger partial charge in [-0.25, -0.2) is 18.1 Å². The molecule has 8 nitrogen and oxygen atoms in total. The lowest BCUT2D eigenvalue weighted by Gasteiger charge is -2.23. The molecule has 2 unspecified atom stereocenters. The molecule has 0 radical (unpaired) electrons. The van der Waals surface area contributed by atoms with Gasteiger partial charge in [-0.3, -0.25) is 0 Å². The summed E-state index contributed by atoms with van der Waals surface area (Å²) in [5.74, 6) is -0.787. The van der Waals surface area contributed by atoms with Gasteiger partial charge in [-0.2, -0.15) is 15.5 Å². The van der Waals surface area contributed by atoms with Crippen LogP contribution in [0.15, 0.2) is 36.7 Å². The fourth-order valence-electron chi connectivity index (χ4n) is 4.72. The van der Waals surface area contributed by atoms with Crippen LogP contribution in [-0.4, -0.2) is 32.8 Å². The molecule has 2 aliphatic heterocycles. The summed E-state index contributed by atoms with van der Waals surface area (Å²) in [6.07, 6.45) is 9.36. The number of halogens is 2. The second-order valence-corrected chi connectivity index (χ2v) is 9.03. The van der Waals surface area contributed by atoms with Crippen molar-refractivity contribution >= 4 is 21.8 Å². The molecule has 4 aromatic rings. The molecule has 2 aromatic carbocycles. The van der Waals surface area contributed by atoms with E-state index in [1.165, 1.54) is 18.2 Å². The van der Waals surface area contributed by atoms with Crippen LogP contribution in [0.3, 0.4) is 0 Å². The number of ether oxygens (including phenoxy) is 2. The molecular weight excluding hydrogens is 466 g/mol. The molecule has 2 aliphatic rings. The number of rotatable bonds is 3. The molecule has 2 aromatic heterocycles. The van der Waals surface area contributed by atoms with Gasteiger partial charge in [0.15, 0.2) is 12.5 Å². The highest BCUT2D eigenvalue weighted by Crippen LogP contribution is 2.28. The van der Waals surface area contributed by atoms with E-state index in [0.717, 1.165) is 61.4 Å².